The molecule has 0 aliphatic carbocycles. The molecule has 0 amide bonds. The second kappa shape index (κ2) is 8.03. The maximum Gasteiger partial charge on any atom is 0.231 e. The maximum absolute atomic E-state index is 12.2. The number of nitrogens with zero attached hydrogens (tertiary/aromatic N) is 2. The van der Waals surface area contributed by atoms with Gasteiger partial charge in [-0.3, -0.25) is 4.99 Å². The fourth-order valence-electron chi connectivity index (χ4n) is 3.90. The van der Waals surface area contributed by atoms with Crippen LogP contribution in [0.1, 0.15) is 6.42 Å². The molecule has 1 saturated heterocycles. The fourth-order valence-corrected chi connectivity index (χ4v) is 6.78. The van der Waals surface area contributed by atoms with Gasteiger partial charge in [-0.2, -0.15) is 0 Å². The highest BCUT2D eigenvalue weighted by atomic mass is 32.2. The summed E-state index contributed by atoms with van der Waals surface area (Å²) in [5.74, 6) is 3.31. The molecule has 7 nitrogen and oxygen atoms in total. The molecule has 158 valence electrons. The summed E-state index contributed by atoms with van der Waals surface area (Å²) in [5, 5.41) is 0.860. The van der Waals surface area contributed by atoms with Crippen LogP contribution in [-0.4, -0.2) is 56.3 Å². The number of hydrogen-bond donors (Lipinski definition) is 0. The third-order valence-corrected chi connectivity index (χ3v) is 8.03. The molecule has 0 aromatic heterocycles. The molecule has 2 aromatic rings. The Morgan fingerprint density at radius 1 is 1.10 bits per heavy atom. The fraction of sp³-hybridized carbons (Fsp3) is 0.381. The van der Waals surface area contributed by atoms with Crippen molar-refractivity contribution < 1.29 is 22.6 Å². The van der Waals surface area contributed by atoms with Gasteiger partial charge in [-0.1, -0.05) is 30.0 Å². The summed E-state index contributed by atoms with van der Waals surface area (Å²) in [6.45, 7) is 0.825. The number of fused-ring (bicyclic) bond motifs is 2. The topological polar surface area (TPSA) is 77.4 Å². The lowest BCUT2D eigenvalue weighted by Gasteiger charge is -2.26. The molecule has 3 aliphatic rings. The lowest BCUT2D eigenvalue weighted by Crippen LogP contribution is -2.39. The van der Waals surface area contributed by atoms with Crippen LogP contribution in [0.2, 0.25) is 0 Å². The first-order valence-electron chi connectivity index (χ1n) is 9.87. The van der Waals surface area contributed by atoms with Gasteiger partial charge in [-0.05, 0) is 30.7 Å². The molecule has 0 N–H and O–H groups in total. The third-order valence-electron chi connectivity index (χ3n) is 5.27. The summed E-state index contributed by atoms with van der Waals surface area (Å²) in [6, 6.07) is 15.1. The number of sulfone groups is 1. The average Bonchev–Trinajstić information content (AvgIpc) is 3.39. The summed E-state index contributed by atoms with van der Waals surface area (Å²) in [4.78, 5) is 6.82. The van der Waals surface area contributed by atoms with Crippen molar-refractivity contribution in [2.75, 3.05) is 35.6 Å². The van der Waals surface area contributed by atoms with Gasteiger partial charge >= 0.3 is 0 Å². The molecule has 9 heteroatoms. The molecule has 3 heterocycles. The van der Waals surface area contributed by atoms with E-state index in [-0.39, 0.29) is 30.4 Å². The first-order chi connectivity index (χ1) is 14.6. The van der Waals surface area contributed by atoms with Gasteiger partial charge in [0.15, 0.2) is 26.5 Å². The highest BCUT2D eigenvalue weighted by Crippen LogP contribution is 2.40. The molecule has 0 saturated carbocycles. The Hall–Kier alpha value is -2.39. The van der Waals surface area contributed by atoms with Crippen molar-refractivity contribution in [1.82, 2.24) is 0 Å². The molecular weight excluding hydrogens is 424 g/mol. The van der Waals surface area contributed by atoms with Crippen LogP contribution >= 0.6 is 11.8 Å². The van der Waals surface area contributed by atoms with E-state index >= 15 is 0 Å². The zero-order chi connectivity index (χ0) is 20.6. The standard InChI is InChI=1S/C21H22N2O5S2/c24-30(25)12-17-18(13-30)23(15-7-8-19-20(11-15)28-14-27-19)21(22-17)29-10-4-9-26-16-5-2-1-3-6-16/h1-3,5-8,11,17-18H,4,9-10,12-14H2/t17-,18-/m0/s1. The maximum atomic E-state index is 12.2. The van der Waals surface area contributed by atoms with Crippen LogP contribution in [0, 0.1) is 0 Å². The van der Waals surface area contributed by atoms with Crippen LogP contribution < -0.4 is 19.1 Å². The van der Waals surface area contributed by atoms with Crippen molar-refractivity contribution in [1.29, 1.82) is 0 Å². The Morgan fingerprint density at radius 3 is 2.80 bits per heavy atom. The van der Waals surface area contributed by atoms with E-state index in [0.29, 0.717) is 18.1 Å². The summed E-state index contributed by atoms with van der Waals surface area (Å²) >= 11 is 1.64. The molecule has 0 unspecified atom stereocenters. The van der Waals surface area contributed by atoms with Crippen LogP contribution in [-0.2, 0) is 9.84 Å². The van der Waals surface area contributed by atoms with E-state index in [1.54, 1.807) is 11.8 Å². The molecular formula is C21H22N2O5S2. The second-order valence-electron chi connectivity index (χ2n) is 7.39. The predicted molar refractivity (Wildman–Crippen MR) is 118 cm³/mol. The van der Waals surface area contributed by atoms with Gasteiger partial charge < -0.3 is 19.1 Å². The number of ether oxygens (including phenoxy) is 3. The third kappa shape index (κ3) is 3.96. The first kappa shape index (κ1) is 19.6. The van der Waals surface area contributed by atoms with Crippen molar-refractivity contribution in [3.63, 3.8) is 0 Å². The minimum atomic E-state index is -3.08. The van der Waals surface area contributed by atoms with Gasteiger partial charge in [0.05, 0.1) is 30.2 Å². The number of aliphatic imine (C=N–C) groups is 1. The van der Waals surface area contributed by atoms with Crippen molar-refractivity contribution in [3.8, 4) is 17.2 Å². The predicted octanol–water partition coefficient (Wildman–Crippen LogP) is 2.96. The molecule has 0 radical (unpaired) electrons. The number of para-hydroxylation sites is 1. The zero-order valence-electron chi connectivity index (χ0n) is 16.3. The lowest BCUT2D eigenvalue weighted by molar-refractivity contribution is 0.174. The second-order valence-corrected chi connectivity index (χ2v) is 10.6. The Balaban J connectivity index is 1.27. The van der Waals surface area contributed by atoms with E-state index in [1.165, 1.54) is 0 Å². The molecule has 1 fully saturated rings. The van der Waals surface area contributed by atoms with Crippen molar-refractivity contribution in [3.05, 3.63) is 48.5 Å². The van der Waals surface area contributed by atoms with E-state index in [2.05, 4.69) is 4.90 Å². The molecule has 3 aliphatic heterocycles. The minimum Gasteiger partial charge on any atom is -0.494 e. The number of benzene rings is 2. The molecule has 2 aromatic carbocycles. The van der Waals surface area contributed by atoms with Crippen molar-refractivity contribution in [2.45, 2.75) is 18.5 Å². The van der Waals surface area contributed by atoms with Gasteiger partial charge in [0.25, 0.3) is 0 Å². The quantitative estimate of drug-likeness (QED) is 0.632. The SMILES string of the molecule is O=S1(=O)C[C@@H]2N=C(SCCCOc3ccccc3)N(c3ccc4c(c3)OCO4)[C@H]2C1. The minimum absolute atomic E-state index is 0.111. The van der Waals surface area contributed by atoms with Crippen LogP contribution in [0.25, 0.3) is 0 Å². The van der Waals surface area contributed by atoms with Crippen molar-refractivity contribution in [2.24, 2.45) is 4.99 Å². The van der Waals surface area contributed by atoms with E-state index in [4.69, 9.17) is 19.2 Å². The molecule has 0 spiro atoms. The van der Waals surface area contributed by atoms with Crippen LogP contribution in [0.15, 0.2) is 53.5 Å². The Bertz CT molecular complexity index is 1060. The summed E-state index contributed by atoms with van der Waals surface area (Å²) in [6.07, 6.45) is 0.862. The number of thioether (sulfide) groups is 1. The Labute approximate surface area is 179 Å². The summed E-state index contributed by atoms with van der Waals surface area (Å²) in [5.41, 5.74) is 0.885. The first-order valence-corrected chi connectivity index (χ1v) is 12.7. The summed E-state index contributed by atoms with van der Waals surface area (Å²) in [7, 11) is -3.08. The van der Waals surface area contributed by atoms with Crippen LogP contribution in [0.4, 0.5) is 5.69 Å². The van der Waals surface area contributed by atoms with E-state index in [0.717, 1.165) is 28.8 Å². The van der Waals surface area contributed by atoms with Gasteiger partial charge in [-0.15, -0.1) is 0 Å². The smallest absolute Gasteiger partial charge is 0.231 e. The van der Waals surface area contributed by atoms with E-state index in [9.17, 15) is 8.42 Å². The number of hydrogen-bond acceptors (Lipinski definition) is 8. The highest BCUT2D eigenvalue weighted by Gasteiger charge is 2.47. The molecule has 5 rings (SSSR count). The summed E-state index contributed by atoms with van der Waals surface area (Å²) < 4.78 is 41.0. The Kier molecular flexibility index (Phi) is 5.24. The van der Waals surface area contributed by atoms with Gasteiger partial charge in [0.1, 0.15) is 5.75 Å². The molecule has 30 heavy (non-hydrogen) atoms. The zero-order valence-corrected chi connectivity index (χ0v) is 17.9. The average molecular weight is 447 g/mol. The number of amidine groups is 1. The molecule has 0 bridgehead atoms. The van der Waals surface area contributed by atoms with E-state index < -0.39 is 9.84 Å². The van der Waals surface area contributed by atoms with Crippen LogP contribution in [0.3, 0.4) is 0 Å². The monoisotopic (exact) mass is 446 g/mol. The largest absolute Gasteiger partial charge is 0.494 e. The van der Waals surface area contributed by atoms with Gasteiger partial charge in [0.2, 0.25) is 6.79 Å². The lowest BCUT2D eigenvalue weighted by atomic mass is 10.1. The van der Waals surface area contributed by atoms with Gasteiger partial charge in [0, 0.05) is 17.5 Å². The van der Waals surface area contributed by atoms with Crippen molar-refractivity contribution >= 4 is 32.5 Å². The molecule has 2 atom stereocenters. The number of rotatable bonds is 6. The normalized spacial score (nSPS) is 23.3. The van der Waals surface area contributed by atoms with E-state index in [1.807, 2.05) is 48.5 Å². The Morgan fingerprint density at radius 2 is 1.93 bits per heavy atom. The number of anilines is 1. The van der Waals surface area contributed by atoms with Gasteiger partial charge in [-0.25, -0.2) is 8.42 Å². The highest BCUT2D eigenvalue weighted by molar-refractivity contribution is 8.14. The van der Waals surface area contributed by atoms with Crippen LogP contribution in [0.5, 0.6) is 17.2 Å².